The smallest absolute Gasteiger partial charge is 0.255 e. The number of phenols is 1. The maximum Gasteiger partial charge on any atom is 0.255 e. The molecule has 0 atom stereocenters. The van der Waals surface area contributed by atoms with Gasteiger partial charge in [0, 0.05) is 22.2 Å². The molecule has 0 unspecified atom stereocenters. The SMILES string of the molecule is O=C(Nc1cccc(O)c1)c1ccc(-c2cccs2)cc1. The molecule has 0 radical (unpaired) electrons. The molecule has 0 saturated carbocycles. The Bertz CT molecular complexity index is 749. The first-order valence-electron chi connectivity index (χ1n) is 6.47. The Morgan fingerprint density at radius 2 is 1.81 bits per heavy atom. The summed E-state index contributed by atoms with van der Waals surface area (Å²) < 4.78 is 0. The van der Waals surface area contributed by atoms with Gasteiger partial charge in [0.2, 0.25) is 0 Å². The number of anilines is 1. The number of carbonyl (C=O) groups excluding carboxylic acids is 1. The van der Waals surface area contributed by atoms with Crippen LogP contribution in [0.3, 0.4) is 0 Å². The molecular formula is C17H13NO2S. The van der Waals surface area contributed by atoms with E-state index in [4.69, 9.17) is 0 Å². The largest absolute Gasteiger partial charge is 0.508 e. The van der Waals surface area contributed by atoms with E-state index in [1.807, 2.05) is 29.6 Å². The van der Waals surface area contributed by atoms with E-state index in [0.717, 1.165) is 5.56 Å². The molecule has 0 aliphatic heterocycles. The molecule has 1 heterocycles. The van der Waals surface area contributed by atoms with Crippen LogP contribution in [0.4, 0.5) is 5.69 Å². The van der Waals surface area contributed by atoms with Crippen LogP contribution in [0.15, 0.2) is 66.0 Å². The number of thiophene rings is 1. The zero-order valence-electron chi connectivity index (χ0n) is 11.1. The highest BCUT2D eigenvalue weighted by molar-refractivity contribution is 7.13. The minimum absolute atomic E-state index is 0.126. The van der Waals surface area contributed by atoms with E-state index in [1.54, 1.807) is 41.7 Å². The lowest BCUT2D eigenvalue weighted by molar-refractivity contribution is 0.102. The summed E-state index contributed by atoms with van der Waals surface area (Å²) in [6, 6.07) is 18.0. The maximum atomic E-state index is 12.1. The quantitative estimate of drug-likeness (QED) is 0.753. The van der Waals surface area contributed by atoms with Crippen LogP contribution in [-0.2, 0) is 0 Å². The summed E-state index contributed by atoms with van der Waals surface area (Å²) in [5, 5.41) is 14.2. The zero-order valence-corrected chi connectivity index (χ0v) is 11.9. The van der Waals surface area contributed by atoms with Crippen molar-refractivity contribution in [2.45, 2.75) is 0 Å². The van der Waals surface area contributed by atoms with Crippen molar-refractivity contribution in [3.05, 3.63) is 71.6 Å². The monoisotopic (exact) mass is 295 g/mol. The molecule has 0 aliphatic rings. The fourth-order valence-electron chi connectivity index (χ4n) is 2.02. The fourth-order valence-corrected chi connectivity index (χ4v) is 2.75. The Kier molecular flexibility index (Phi) is 3.71. The summed E-state index contributed by atoms with van der Waals surface area (Å²) in [5.74, 6) is -0.0702. The second kappa shape index (κ2) is 5.81. The molecule has 3 aromatic rings. The lowest BCUT2D eigenvalue weighted by Crippen LogP contribution is -2.11. The third-order valence-electron chi connectivity index (χ3n) is 3.06. The highest BCUT2D eigenvalue weighted by atomic mass is 32.1. The van der Waals surface area contributed by atoms with Crippen molar-refractivity contribution in [1.82, 2.24) is 0 Å². The van der Waals surface area contributed by atoms with Crippen LogP contribution in [0.25, 0.3) is 10.4 Å². The van der Waals surface area contributed by atoms with Crippen molar-refractivity contribution >= 4 is 22.9 Å². The molecule has 1 aromatic heterocycles. The first-order chi connectivity index (χ1) is 10.2. The van der Waals surface area contributed by atoms with Gasteiger partial charge < -0.3 is 10.4 Å². The standard InChI is InChI=1S/C17H13NO2S/c19-15-4-1-3-14(11-15)18-17(20)13-8-6-12(7-9-13)16-5-2-10-21-16/h1-11,19H,(H,18,20). The van der Waals surface area contributed by atoms with Crippen molar-refractivity contribution in [1.29, 1.82) is 0 Å². The first-order valence-corrected chi connectivity index (χ1v) is 7.35. The zero-order chi connectivity index (χ0) is 14.7. The van der Waals surface area contributed by atoms with Crippen molar-refractivity contribution in [2.75, 3.05) is 5.32 Å². The van der Waals surface area contributed by atoms with Gasteiger partial charge in [-0.15, -0.1) is 11.3 Å². The molecule has 2 aromatic carbocycles. The molecule has 1 amide bonds. The summed E-state index contributed by atoms with van der Waals surface area (Å²) >= 11 is 1.67. The molecule has 0 aliphatic carbocycles. The molecule has 104 valence electrons. The molecule has 0 fully saturated rings. The fraction of sp³-hybridized carbons (Fsp3) is 0. The number of amides is 1. The van der Waals surface area contributed by atoms with Gasteiger partial charge in [-0.3, -0.25) is 4.79 Å². The van der Waals surface area contributed by atoms with E-state index in [-0.39, 0.29) is 11.7 Å². The van der Waals surface area contributed by atoms with Crippen molar-refractivity contribution in [2.24, 2.45) is 0 Å². The summed E-state index contributed by atoms with van der Waals surface area (Å²) in [4.78, 5) is 13.3. The summed E-state index contributed by atoms with van der Waals surface area (Å²) in [7, 11) is 0. The van der Waals surface area contributed by atoms with E-state index in [0.29, 0.717) is 11.3 Å². The molecule has 3 rings (SSSR count). The molecule has 21 heavy (non-hydrogen) atoms. The number of aromatic hydroxyl groups is 1. The van der Waals surface area contributed by atoms with Gasteiger partial charge >= 0.3 is 0 Å². The Balaban J connectivity index is 1.76. The number of hydrogen-bond acceptors (Lipinski definition) is 3. The predicted octanol–water partition coefficient (Wildman–Crippen LogP) is 4.37. The Morgan fingerprint density at radius 3 is 2.48 bits per heavy atom. The van der Waals surface area contributed by atoms with E-state index in [2.05, 4.69) is 5.32 Å². The number of nitrogens with one attached hydrogen (secondary N) is 1. The molecule has 3 nitrogen and oxygen atoms in total. The van der Waals surface area contributed by atoms with Gasteiger partial charge in [-0.05, 0) is 41.3 Å². The number of phenolic OH excluding ortho intramolecular Hbond substituents is 1. The maximum absolute atomic E-state index is 12.1. The third-order valence-corrected chi connectivity index (χ3v) is 3.98. The molecular weight excluding hydrogens is 282 g/mol. The number of rotatable bonds is 3. The van der Waals surface area contributed by atoms with E-state index in [9.17, 15) is 9.90 Å². The first kappa shape index (κ1) is 13.4. The van der Waals surface area contributed by atoms with Crippen LogP contribution in [0, 0.1) is 0 Å². The van der Waals surface area contributed by atoms with E-state index in [1.165, 1.54) is 10.9 Å². The predicted molar refractivity (Wildman–Crippen MR) is 85.8 cm³/mol. The molecule has 0 bridgehead atoms. The normalized spacial score (nSPS) is 10.3. The van der Waals surface area contributed by atoms with Gasteiger partial charge in [0.25, 0.3) is 5.91 Å². The van der Waals surface area contributed by atoms with Gasteiger partial charge in [-0.1, -0.05) is 24.3 Å². The summed E-state index contributed by atoms with van der Waals surface area (Å²) in [6.07, 6.45) is 0. The van der Waals surface area contributed by atoms with Gasteiger partial charge in [-0.25, -0.2) is 0 Å². The second-order valence-corrected chi connectivity index (χ2v) is 5.51. The average molecular weight is 295 g/mol. The van der Waals surface area contributed by atoms with Gasteiger partial charge in [0.1, 0.15) is 5.75 Å². The third kappa shape index (κ3) is 3.12. The van der Waals surface area contributed by atoms with Crippen molar-refractivity contribution in [3.8, 4) is 16.2 Å². The van der Waals surface area contributed by atoms with E-state index >= 15 is 0 Å². The lowest BCUT2D eigenvalue weighted by Gasteiger charge is -2.06. The Labute approximate surface area is 126 Å². The highest BCUT2D eigenvalue weighted by Gasteiger charge is 2.07. The minimum atomic E-state index is -0.196. The number of hydrogen-bond donors (Lipinski definition) is 2. The van der Waals surface area contributed by atoms with Crippen LogP contribution < -0.4 is 5.32 Å². The minimum Gasteiger partial charge on any atom is -0.508 e. The highest BCUT2D eigenvalue weighted by Crippen LogP contribution is 2.25. The number of benzene rings is 2. The molecule has 4 heteroatoms. The van der Waals surface area contributed by atoms with Crippen LogP contribution in [0.1, 0.15) is 10.4 Å². The Hall–Kier alpha value is -2.59. The Morgan fingerprint density at radius 1 is 1.00 bits per heavy atom. The average Bonchev–Trinajstić information content (AvgIpc) is 3.01. The number of carbonyl (C=O) groups is 1. The van der Waals surface area contributed by atoms with Crippen LogP contribution in [0.2, 0.25) is 0 Å². The summed E-state index contributed by atoms with van der Waals surface area (Å²) in [5.41, 5.74) is 2.25. The van der Waals surface area contributed by atoms with Crippen LogP contribution in [-0.4, -0.2) is 11.0 Å². The van der Waals surface area contributed by atoms with Gasteiger partial charge in [0.15, 0.2) is 0 Å². The topological polar surface area (TPSA) is 49.3 Å². The molecule has 0 spiro atoms. The molecule has 2 N–H and O–H groups in total. The van der Waals surface area contributed by atoms with E-state index < -0.39 is 0 Å². The van der Waals surface area contributed by atoms with Crippen LogP contribution in [0.5, 0.6) is 5.75 Å². The van der Waals surface area contributed by atoms with Crippen molar-refractivity contribution < 1.29 is 9.90 Å². The van der Waals surface area contributed by atoms with Gasteiger partial charge in [0.05, 0.1) is 0 Å². The summed E-state index contributed by atoms with van der Waals surface area (Å²) in [6.45, 7) is 0. The van der Waals surface area contributed by atoms with Crippen molar-refractivity contribution in [3.63, 3.8) is 0 Å². The molecule has 0 saturated heterocycles. The lowest BCUT2D eigenvalue weighted by atomic mass is 10.1. The van der Waals surface area contributed by atoms with Gasteiger partial charge in [-0.2, -0.15) is 0 Å². The van der Waals surface area contributed by atoms with Crippen LogP contribution >= 0.6 is 11.3 Å². The second-order valence-electron chi connectivity index (χ2n) is 4.56.